The summed E-state index contributed by atoms with van der Waals surface area (Å²) in [4.78, 5) is 0. The van der Waals surface area contributed by atoms with Gasteiger partial charge in [0.25, 0.3) is 0 Å². The predicted molar refractivity (Wildman–Crippen MR) is 83.9 cm³/mol. The third kappa shape index (κ3) is 4.35. The molecule has 2 atom stereocenters. The molecule has 2 unspecified atom stereocenters. The van der Waals surface area contributed by atoms with Crippen molar-refractivity contribution in [1.82, 2.24) is 5.32 Å². The first kappa shape index (κ1) is 16.1. The summed E-state index contributed by atoms with van der Waals surface area (Å²) in [6.07, 6.45) is 4.53. The topological polar surface area (TPSA) is 50.7 Å². The van der Waals surface area contributed by atoms with E-state index in [4.69, 9.17) is 9.47 Å². The van der Waals surface area contributed by atoms with Gasteiger partial charge < -0.3 is 19.9 Å². The van der Waals surface area contributed by atoms with Gasteiger partial charge in [0.15, 0.2) is 11.5 Å². The van der Waals surface area contributed by atoms with E-state index in [2.05, 4.69) is 12.2 Å². The second kappa shape index (κ2) is 7.66. The van der Waals surface area contributed by atoms with E-state index in [-0.39, 0.29) is 12.1 Å². The van der Waals surface area contributed by atoms with Crippen molar-refractivity contribution in [3.63, 3.8) is 0 Å². The van der Waals surface area contributed by atoms with E-state index in [9.17, 15) is 5.11 Å². The third-order valence-electron chi connectivity index (χ3n) is 4.32. The first-order valence-corrected chi connectivity index (χ1v) is 7.81. The SMILES string of the molecule is COc1ccccc1OCCNC1(CO)CCCC(C)C1. The zero-order valence-electron chi connectivity index (χ0n) is 13.1. The van der Waals surface area contributed by atoms with Crippen LogP contribution in [0, 0.1) is 5.92 Å². The molecule has 1 aliphatic rings. The molecular formula is C17H27NO3. The lowest BCUT2D eigenvalue weighted by molar-refractivity contribution is 0.0955. The Morgan fingerprint density at radius 1 is 1.33 bits per heavy atom. The van der Waals surface area contributed by atoms with Gasteiger partial charge in [0.2, 0.25) is 0 Å². The normalized spacial score (nSPS) is 25.6. The molecule has 0 bridgehead atoms. The van der Waals surface area contributed by atoms with Crippen LogP contribution in [0.5, 0.6) is 11.5 Å². The monoisotopic (exact) mass is 293 g/mol. The van der Waals surface area contributed by atoms with E-state index < -0.39 is 0 Å². The van der Waals surface area contributed by atoms with Gasteiger partial charge in [0, 0.05) is 12.1 Å². The Bertz CT molecular complexity index is 438. The molecule has 1 aromatic rings. The molecule has 4 heteroatoms. The fourth-order valence-corrected chi connectivity index (χ4v) is 3.24. The second-order valence-electron chi connectivity index (χ2n) is 6.07. The largest absolute Gasteiger partial charge is 0.493 e. The van der Waals surface area contributed by atoms with Crippen molar-refractivity contribution < 1.29 is 14.6 Å². The maximum atomic E-state index is 9.73. The van der Waals surface area contributed by atoms with Crippen LogP contribution in [0.25, 0.3) is 0 Å². The fourth-order valence-electron chi connectivity index (χ4n) is 3.24. The number of benzene rings is 1. The van der Waals surface area contributed by atoms with Crippen LogP contribution in [-0.2, 0) is 0 Å². The van der Waals surface area contributed by atoms with Gasteiger partial charge in [-0.1, -0.05) is 31.9 Å². The highest BCUT2D eigenvalue weighted by atomic mass is 16.5. The number of nitrogens with one attached hydrogen (secondary N) is 1. The van der Waals surface area contributed by atoms with Gasteiger partial charge in [-0.15, -0.1) is 0 Å². The van der Waals surface area contributed by atoms with Gasteiger partial charge in [-0.25, -0.2) is 0 Å². The molecule has 0 aromatic heterocycles. The van der Waals surface area contributed by atoms with Crippen molar-refractivity contribution >= 4 is 0 Å². The van der Waals surface area contributed by atoms with Crippen LogP contribution in [0.15, 0.2) is 24.3 Å². The molecule has 0 saturated heterocycles. The second-order valence-corrected chi connectivity index (χ2v) is 6.07. The van der Waals surface area contributed by atoms with Crippen LogP contribution in [0.4, 0.5) is 0 Å². The summed E-state index contributed by atoms with van der Waals surface area (Å²) in [7, 11) is 1.64. The summed E-state index contributed by atoms with van der Waals surface area (Å²) in [5.74, 6) is 2.19. The summed E-state index contributed by atoms with van der Waals surface area (Å²) >= 11 is 0. The number of hydrogen-bond donors (Lipinski definition) is 2. The fraction of sp³-hybridized carbons (Fsp3) is 0.647. The number of methoxy groups -OCH3 is 1. The van der Waals surface area contributed by atoms with Crippen LogP contribution in [0.2, 0.25) is 0 Å². The maximum absolute atomic E-state index is 9.73. The highest BCUT2D eigenvalue weighted by Gasteiger charge is 2.33. The van der Waals surface area contributed by atoms with Gasteiger partial charge in [-0.3, -0.25) is 0 Å². The minimum Gasteiger partial charge on any atom is -0.493 e. The van der Waals surface area contributed by atoms with E-state index >= 15 is 0 Å². The van der Waals surface area contributed by atoms with E-state index in [1.54, 1.807) is 7.11 Å². The number of aliphatic hydroxyl groups excluding tert-OH is 1. The summed E-state index contributed by atoms with van der Waals surface area (Å²) in [6.45, 7) is 3.75. The molecule has 4 nitrogen and oxygen atoms in total. The van der Waals surface area contributed by atoms with Crippen LogP contribution >= 0.6 is 0 Å². The number of hydrogen-bond acceptors (Lipinski definition) is 4. The van der Waals surface area contributed by atoms with Crippen molar-refractivity contribution in [3.8, 4) is 11.5 Å². The average Bonchev–Trinajstić information content (AvgIpc) is 2.52. The number of aliphatic hydroxyl groups is 1. The predicted octanol–water partition coefficient (Wildman–Crippen LogP) is 2.60. The van der Waals surface area contributed by atoms with E-state index in [1.807, 2.05) is 24.3 Å². The summed E-state index contributed by atoms with van der Waals surface area (Å²) in [5.41, 5.74) is -0.123. The molecule has 1 aromatic carbocycles. The van der Waals surface area contributed by atoms with Crippen molar-refractivity contribution in [2.24, 2.45) is 5.92 Å². The standard InChI is InChI=1S/C17H27NO3/c1-14-6-5-9-17(12-14,13-19)18-10-11-21-16-8-4-3-7-15(16)20-2/h3-4,7-8,14,18-19H,5-6,9-13H2,1-2H3. The molecule has 1 saturated carbocycles. The van der Waals surface area contributed by atoms with Gasteiger partial charge >= 0.3 is 0 Å². The van der Waals surface area contributed by atoms with Gasteiger partial charge in [0.05, 0.1) is 13.7 Å². The van der Waals surface area contributed by atoms with Gasteiger partial charge in [-0.2, -0.15) is 0 Å². The van der Waals surface area contributed by atoms with E-state index in [0.29, 0.717) is 12.5 Å². The lowest BCUT2D eigenvalue weighted by Crippen LogP contribution is -2.52. The number of rotatable bonds is 7. The van der Waals surface area contributed by atoms with E-state index in [1.165, 1.54) is 12.8 Å². The molecule has 1 aliphatic carbocycles. The van der Waals surface area contributed by atoms with Crippen molar-refractivity contribution in [2.45, 2.75) is 38.1 Å². The third-order valence-corrected chi connectivity index (χ3v) is 4.32. The minimum absolute atomic E-state index is 0.123. The molecule has 0 spiro atoms. The first-order valence-electron chi connectivity index (χ1n) is 7.81. The molecule has 118 valence electrons. The smallest absolute Gasteiger partial charge is 0.161 e. The van der Waals surface area contributed by atoms with E-state index in [0.717, 1.165) is 30.9 Å². The Morgan fingerprint density at radius 2 is 2.10 bits per heavy atom. The molecule has 0 amide bonds. The summed E-state index contributed by atoms with van der Waals surface area (Å²) in [5, 5.41) is 13.2. The molecule has 0 aliphatic heterocycles. The maximum Gasteiger partial charge on any atom is 0.161 e. The van der Waals surface area contributed by atoms with Crippen LogP contribution < -0.4 is 14.8 Å². The molecule has 0 heterocycles. The van der Waals surface area contributed by atoms with Crippen LogP contribution in [-0.4, -0.2) is 37.5 Å². The minimum atomic E-state index is -0.123. The van der Waals surface area contributed by atoms with Crippen molar-refractivity contribution in [2.75, 3.05) is 26.9 Å². The Hall–Kier alpha value is -1.26. The zero-order chi connectivity index (χ0) is 15.1. The summed E-state index contributed by atoms with van der Waals surface area (Å²) < 4.78 is 11.0. The lowest BCUT2D eigenvalue weighted by atomic mass is 9.77. The highest BCUT2D eigenvalue weighted by Crippen LogP contribution is 2.32. The molecule has 2 N–H and O–H groups in total. The molecule has 2 rings (SSSR count). The Labute approximate surface area is 127 Å². The summed E-state index contributed by atoms with van der Waals surface area (Å²) in [6, 6.07) is 7.65. The quantitative estimate of drug-likeness (QED) is 0.759. The van der Waals surface area contributed by atoms with Crippen molar-refractivity contribution in [3.05, 3.63) is 24.3 Å². The van der Waals surface area contributed by atoms with Crippen LogP contribution in [0.3, 0.4) is 0 Å². The Balaban J connectivity index is 1.80. The van der Waals surface area contributed by atoms with Crippen LogP contribution in [0.1, 0.15) is 32.6 Å². The first-order chi connectivity index (χ1) is 10.2. The highest BCUT2D eigenvalue weighted by molar-refractivity contribution is 5.39. The molecule has 21 heavy (non-hydrogen) atoms. The molecular weight excluding hydrogens is 266 g/mol. The molecule has 1 fully saturated rings. The lowest BCUT2D eigenvalue weighted by Gasteiger charge is -2.39. The Kier molecular flexibility index (Phi) is 5.88. The van der Waals surface area contributed by atoms with Gasteiger partial charge in [0.1, 0.15) is 6.61 Å². The Morgan fingerprint density at radius 3 is 2.76 bits per heavy atom. The zero-order valence-corrected chi connectivity index (χ0v) is 13.1. The van der Waals surface area contributed by atoms with Gasteiger partial charge in [-0.05, 0) is 30.9 Å². The van der Waals surface area contributed by atoms with Crippen molar-refractivity contribution in [1.29, 1.82) is 0 Å². The number of ether oxygens (including phenoxy) is 2. The average molecular weight is 293 g/mol. The number of para-hydroxylation sites is 2. The molecule has 0 radical (unpaired) electrons.